The second kappa shape index (κ2) is 22.5. The summed E-state index contributed by atoms with van der Waals surface area (Å²) in [6.07, 6.45) is -4.75. The van der Waals surface area contributed by atoms with Crippen LogP contribution in [0.25, 0.3) is 151 Å². The van der Waals surface area contributed by atoms with Gasteiger partial charge in [0.1, 0.15) is 0 Å². The van der Waals surface area contributed by atoms with Crippen LogP contribution < -0.4 is 0 Å². The number of nitrogens with zero attached hydrogens (tertiary/aromatic N) is 12. The van der Waals surface area contributed by atoms with Crippen molar-refractivity contribution in [2.24, 2.45) is 0 Å². The van der Waals surface area contributed by atoms with Gasteiger partial charge in [-0.3, -0.25) is 0 Å². The van der Waals surface area contributed by atoms with Crippen molar-refractivity contribution < 1.29 is 13.2 Å². The Morgan fingerprint density at radius 2 is 0.652 bits per heavy atom. The van der Waals surface area contributed by atoms with Crippen LogP contribution in [0.4, 0.5) is 47.3 Å². The Labute approximate surface area is 523 Å². The van der Waals surface area contributed by atoms with Gasteiger partial charge in [-0.05, 0) is 195 Å². The molecule has 0 spiro atoms. The van der Waals surface area contributed by atoms with Gasteiger partial charge in [-0.15, -0.1) is 0 Å². The van der Waals surface area contributed by atoms with E-state index in [1.165, 1.54) is 30.3 Å². The van der Waals surface area contributed by atoms with Crippen molar-refractivity contribution in [3.63, 3.8) is 0 Å². The van der Waals surface area contributed by atoms with Crippen LogP contribution in [0.2, 0.25) is 0 Å². The van der Waals surface area contributed by atoms with Crippen LogP contribution in [0.1, 0.15) is 27.8 Å². The normalized spacial score (nSPS) is 10.9. The summed E-state index contributed by atoms with van der Waals surface area (Å²) >= 11 is 0. The monoisotopic (exact) mass is 1180 g/mol. The third kappa shape index (κ3) is 9.89. The highest BCUT2D eigenvalue weighted by atomic mass is 19.4. The van der Waals surface area contributed by atoms with Crippen molar-refractivity contribution >= 4 is 77.7 Å². The molecule has 0 saturated heterocycles. The smallest absolute Gasteiger partial charge is 0.309 e. The molecule has 0 atom stereocenters. The number of aromatic nitrogens is 2. The predicted octanol–water partition coefficient (Wildman–Crippen LogP) is 21.7. The largest absolute Gasteiger partial charge is 0.415 e. The van der Waals surface area contributed by atoms with Gasteiger partial charge in [-0.25, -0.2) is 29.1 Å². The second-order valence-electron chi connectivity index (χ2n) is 21.5. The Morgan fingerprint density at radius 1 is 0.293 bits per heavy atom. The summed E-state index contributed by atoms with van der Waals surface area (Å²) in [6, 6.07) is 65.0. The SMILES string of the molecule is [C-]#[N+]c1cc(C#N)cc(-c2ccc3c(c2)c2cc(-c4cc(C#N)cc(C#N)c4)ccc2n3-c2ccc([N+]#[C-])cc2-c2cc(-c3ccc(C(F)(F)F)cc3[N+]#[C-])ccc2-n2c3ccc(-c4cc(C#N)cc([N+]#[C-])c4)cc3c3cc(-c4cc([N+]#[C-])cc([N+]#[C-])c4)ccc32)c1. The van der Waals surface area contributed by atoms with Crippen molar-refractivity contribution in [3.05, 3.63) is 297 Å². The van der Waals surface area contributed by atoms with Gasteiger partial charge in [-0.2, -0.15) is 34.2 Å². The van der Waals surface area contributed by atoms with Crippen LogP contribution in [-0.2, 0) is 6.18 Å². The molecule has 0 radical (unpaired) electrons. The van der Waals surface area contributed by atoms with Crippen LogP contribution >= 0.6 is 0 Å². The summed E-state index contributed by atoms with van der Waals surface area (Å²) in [4.78, 5) is 22.1. The van der Waals surface area contributed by atoms with E-state index in [-0.39, 0.29) is 61.9 Å². The molecule has 422 valence electrons. The summed E-state index contributed by atoms with van der Waals surface area (Å²) in [5.41, 5.74) is 11.6. The topological polar surface area (TPSA) is 131 Å². The highest BCUT2D eigenvalue weighted by Gasteiger charge is 2.31. The van der Waals surface area contributed by atoms with E-state index in [0.717, 1.165) is 12.1 Å². The quantitative estimate of drug-likeness (QED) is 0.140. The Balaban J connectivity index is 1.14. The maximum atomic E-state index is 14.4. The zero-order chi connectivity index (χ0) is 64.1. The Hall–Kier alpha value is -14.3. The fourth-order valence-corrected chi connectivity index (χ4v) is 12.1. The standard InChI is InChI=1S/C77H33F3N12/c1-85-58-13-20-76(92-73-15-7-48(53-22-44(40-81)21-45(23-53)41-82)32-64(73)65-33-50(9-17-74(65)92)55-25-47(43-84)27-60(29-55)87-3)69(39-58)68-36-52(63-14-12-57(77(78,79)80)37-70(63)90-6)11-19-75(68)91-71-16-8-49(54-24-46(42-83)26-59(28-54)86-2)34-66(71)67-35-51(10-18-72(67)91)56-30-61(88-4)38-62(31-56)89-5/h7-39H. The minimum atomic E-state index is -4.75. The van der Waals surface area contributed by atoms with Crippen molar-refractivity contribution in [2.45, 2.75) is 6.18 Å². The number of halogens is 3. The lowest BCUT2D eigenvalue weighted by atomic mass is 9.94. The van der Waals surface area contributed by atoms with Crippen LogP contribution in [0.3, 0.4) is 0 Å². The molecule has 13 rings (SSSR count). The first-order valence-corrected chi connectivity index (χ1v) is 27.8. The van der Waals surface area contributed by atoms with Gasteiger partial charge >= 0.3 is 6.18 Å². The van der Waals surface area contributed by atoms with E-state index in [1.807, 2.05) is 94.1 Å². The maximum Gasteiger partial charge on any atom is 0.415 e. The van der Waals surface area contributed by atoms with Crippen molar-refractivity contribution in [1.29, 1.82) is 21.0 Å². The molecular weight excluding hydrogens is 1150 g/mol. The highest BCUT2D eigenvalue weighted by molar-refractivity contribution is 6.14. The lowest BCUT2D eigenvalue weighted by Crippen LogP contribution is -2.04. The molecule has 15 heteroatoms. The number of rotatable bonds is 8. The Morgan fingerprint density at radius 3 is 1.04 bits per heavy atom. The molecule has 0 aliphatic rings. The average Bonchev–Trinajstić information content (AvgIpc) is 1.57. The molecule has 2 heterocycles. The molecule has 0 saturated carbocycles. The molecule has 0 aliphatic heterocycles. The van der Waals surface area contributed by atoms with Crippen LogP contribution in [0, 0.1) is 84.8 Å². The zero-order valence-corrected chi connectivity index (χ0v) is 47.6. The minimum Gasteiger partial charge on any atom is -0.309 e. The molecular formula is C77H33F3N12. The maximum absolute atomic E-state index is 14.4. The fraction of sp³-hybridized carbons (Fsp3) is 0.0130. The van der Waals surface area contributed by atoms with Gasteiger partial charge in [0.15, 0.2) is 34.1 Å². The van der Waals surface area contributed by atoms with E-state index in [9.17, 15) is 34.2 Å². The first-order valence-electron chi connectivity index (χ1n) is 27.8. The number of hydrogen-bond donors (Lipinski definition) is 0. The van der Waals surface area contributed by atoms with Gasteiger partial charge in [-0.1, -0.05) is 66.7 Å². The molecule has 92 heavy (non-hydrogen) atoms. The van der Waals surface area contributed by atoms with Crippen LogP contribution in [0.15, 0.2) is 200 Å². The van der Waals surface area contributed by atoms with E-state index in [0.29, 0.717) is 116 Å². The molecule has 0 amide bonds. The van der Waals surface area contributed by atoms with Gasteiger partial charge in [0, 0.05) is 43.8 Å². The highest BCUT2D eigenvalue weighted by Crippen LogP contribution is 2.48. The summed E-state index contributed by atoms with van der Waals surface area (Å²) in [7, 11) is 0. The van der Waals surface area contributed by atoms with Gasteiger partial charge in [0.05, 0.1) is 108 Å². The molecule has 13 aromatic rings. The second-order valence-corrected chi connectivity index (χ2v) is 21.5. The zero-order valence-electron chi connectivity index (χ0n) is 47.6. The molecule has 12 nitrogen and oxygen atoms in total. The number of benzene rings is 11. The van der Waals surface area contributed by atoms with Crippen LogP contribution in [0.5, 0.6) is 0 Å². The summed E-state index contributed by atoms with van der Waals surface area (Å²) in [6.45, 7) is 48.1. The Bertz CT molecular complexity index is 5510. The molecule has 0 aliphatic carbocycles. The molecule has 0 fully saturated rings. The fourth-order valence-electron chi connectivity index (χ4n) is 12.1. The number of hydrogen-bond acceptors (Lipinski definition) is 4. The Kier molecular flexibility index (Phi) is 13.9. The van der Waals surface area contributed by atoms with Crippen molar-refractivity contribution in [1.82, 2.24) is 9.13 Å². The summed E-state index contributed by atoms with van der Waals surface area (Å²) in [5, 5.41) is 43.0. The van der Waals surface area contributed by atoms with E-state index < -0.39 is 11.7 Å². The summed E-state index contributed by atoms with van der Waals surface area (Å²) in [5.74, 6) is 0. The first kappa shape index (κ1) is 56.8. The third-order valence-electron chi connectivity index (χ3n) is 16.2. The molecule has 0 unspecified atom stereocenters. The lowest BCUT2D eigenvalue weighted by Gasteiger charge is -2.21. The van der Waals surface area contributed by atoms with Gasteiger partial charge in [0.25, 0.3) is 0 Å². The third-order valence-corrected chi connectivity index (χ3v) is 16.2. The lowest BCUT2D eigenvalue weighted by molar-refractivity contribution is -0.137. The van der Waals surface area contributed by atoms with Crippen molar-refractivity contribution in [3.8, 4) is 102 Å². The number of nitriles is 4. The molecule has 0 bridgehead atoms. The average molecular weight is 1180 g/mol. The molecule has 2 aromatic heterocycles. The summed E-state index contributed by atoms with van der Waals surface area (Å²) < 4.78 is 47.1. The first-order chi connectivity index (χ1) is 44.7. The van der Waals surface area contributed by atoms with E-state index in [2.05, 4.69) is 53.3 Å². The van der Waals surface area contributed by atoms with Crippen molar-refractivity contribution in [2.75, 3.05) is 0 Å². The molecule has 0 N–H and O–H groups in total. The van der Waals surface area contributed by atoms with E-state index in [4.69, 9.17) is 39.4 Å². The predicted molar refractivity (Wildman–Crippen MR) is 349 cm³/mol. The number of alkyl halides is 3. The van der Waals surface area contributed by atoms with Gasteiger partial charge in [0.2, 0.25) is 0 Å². The van der Waals surface area contributed by atoms with E-state index >= 15 is 0 Å². The minimum absolute atomic E-state index is 0.206. The number of fused-ring (bicyclic) bond motifs is 6. The van der Waals surface area contributed by atoms with E-state index in [1.54, 1.807) is 72.8 Å². The van der Waals surface area contributed by atoms with Crippen LogP contribution in [-0.4, -0.2) is 9.13 Å². The molecule has 11 aromatic carbocycles. The van der Waals surface area contributed by atoms with Gasteiger partial charge < -0.3 is 9.13 Å².